The van der Waals surface area contributed by atoms with Gasteiger partial charge in [-0.05, 0) is 11.8 Å². The van der Waals surface area contributed by atoms with E-state index in [0.717, 1.165) is 4.90 Å². The molecule has 2 aliphatic rings. The number of aliphatic hydroxyl groups excluding tert-OH is 1. The number of carboxylic acid groups (broad SMARTS) is 1. The topological polar surface area (TPSA) is 121 Å². The lowest BCUT2D eigenvalue weighted by Crippen LogP contribution is -2.55. The van der Waals surface area contributed by atoms with Gasteiger partial charge in [0.1, 0.15) is 6.04 Å². The van der Waals surface area contributed by atoms with Gasteiger partial charge in [-0.1, -0.05) is 13.8 Å². The van der Waals surface area contributed by atoms with Crippen molar-refractivity contribution in [1.82, 2.24) is 14.7 Å². The zero-order chi connectivity index (χ0) is 18.1. The summed E-state index contributed by atoms with van der Waals surface area (Å²) in [5.41, 5.74) is -0.745. The summed E-state index contributed by atoms with van der Waals surface area (Å²) in [5.74, 6) is -1.88. The first-order chi connectivity index (χ1) is 11.2. The van der Waals surface area contributed by atoms with Crippen LogP contribution in [0.1, 0.15) is 26.7 Å². The number of rotatable bonds is 6. The highest BCUT2D eigenvalue weighted by Gasteiger charge is 2.48. The monoisotopic (exact) mass is 340 g/mol. The number of carbonyl (C=O) groups is 4. The van der Waals surface area contributed by atoms with Crippen molar-refractivity contribution in [2.45, 2.75) is 32.7 Å². The van der Waals surface area contributed by atoms with E-state index in [4.69, 9.17) is 5.11 Å². The van der Waals surface area contributed by atoms with Gasteiger partial charge in [-0.3, -0.25) is 14.5 Å². The maximum atomic E-state index is 12.4. The van der Waals surface area contributed by atoms with Gasteiger partial charge in [-0.15, -0.1) is 0 Å². The molecule has 24 heavy (non-hydrogen) atoms. The van der Waals surface area contributed by atoms with E-state index >= 15 is 0 Å². The molecule has 134 valence electrons. The van der Waals surface area contributed by atoms with Crippen LogP contribution in [0.5, 0.6) is 0 Å². The summed E-state index contributed by atoms with van der Waals surface area (Å²) in [6, 6.07) is -1.17. The molecule has 0 saturated carbocycles. The molecule has 0 aromatic rings. The number of hydrogen-bond acceptors (Lipinski definition) is 6. The van der Waals surface area contributed by atoms with Crippen LogP contribution in [0.3, 0.4) is 0 Å². The summed E-state index contributed by atoms with van der Waals surface area (Å²) < 4.78 is 0. The Labute approximate surface area is 139 Å². The molecule has 0 radical (unpaired) electrons. The number of aliphatic hydroxyl groups is 1. The van der Waals surface area contributed by atoms with Gasteiger partial charge >= 0.3 is 6.03 Å². The van der Waals surface area contributed by atoms with Crippen LogP contribution in [0.2, 0.25) is 0 Å². The lowest BCUT2D eigenvalue weighted by Gasteiger charge is -2.37. The fourth-order valence-electron chi connectivity index (χ4n) is 3.16. The van der Waals surface area contributed by atoms with Gasteiger partial charge in [-0.2, -0.15) is 0 Å². The second kappa shape index (κ2) is 6.76. The normalized spacial score (nSPS) is 21.3. The zero-order valence-corrected chi connectivity index (χ0v) is 13.9. The maximum absolute atomic E-state index is 12.4. The van der Waals surface area contributed by atoms with Crippen molar-refractivity contribution in [3.05, 3.63) is 0 Å². The van der Waals surface area contributed by atoms with Crippen LogP contribution >= 0.6 is 0 Å². The van der Waals surface area contributed by atoms with Crippen LogP contribution in [-0.4, -0.2) is 82.4 Å². The molecule has 9 heteroatoms. The Kier molecular flexibility index (Phi) is 5.12. The molecule has 2 saturated heterocycles. The molecule has 9 nitrogen and oxygen atoms in total. The van der Waals surface area contributed by atoms with Crippen LogP contribution in [0.15, 0.2) is 0 Å². The Balaban J connectivity index is 2.01. The van der Waals surface area contributed by atoms with Crippen molar-refractivity contribution in [3.63, 3.8) is 0 Å². The molecule has 0 bridgehead atoms. The number of nitrogens with zero attached hydrogens (tertiary/aromatic N) is 3. The quantitative estimate of drug-likeness (QED) is 0.559. The summed E-state index contributed by atoms with van der Waals surface area (Å²) in [4.78, 5) is 51.5. The number of piperazine rings is 1. The minimum Gasteiger partial charge on any atom is -0.550 e. The summed E-state index contributed by atoms with van der Waals surface area (Å²) in [5, 5.41) is 19.7. The molecule has 4 amide bonds. The molecular weight excluding hydrogens is 318 g/mol. The van der Waals surface area contributed by atoms with Gasteiger partial charge in [0.25, 0.3) is 5.91 Å². The van der Waals surface area contributed by atoms with Gasteiger partial charge in [0.05, 0.1) is 19.7 Å². The van der Waals surface area contributed by atoms with Crippen molar-refractivity contribution in [2.24, 2.45) is 5.41 Å². The number of carbonyl (C=O) groups excluding carboxylic acids is 4. The lowest BCUT2D eigenvalue weighted by atomic mass is 9.85. The third-order valence-corrected chi connectivity index (χ3v) is 4.34. The molecule has 2 aliphatic heterocycles. The molecule has 0 aromatic heterocycles. The van der Waals surface area contributed by atoms with E-state index in [9.17, 15) is 24.3 Å². The highest BCUT2D eigenvalue weighted by molar-refractivity contribution is 6.04. The minimum absolute atomic E-state index is 0.0240. The Bertz CT molecular complexity index is 561. The van der Waals surface area contributed by atoms with Gasteiger partial charge in [0, 0.05) is 25.5 Å². The molecule has 2 fully saturated rings. The first-order valence-electron chi connectivity index (χ1n) is 7.87. The van der Waals surface area contributed by atoms with Crippen molar-refractivity contribution >= 4 is 23.8 Å². The zero-order valence-electron chi connectivity index (χ0n) is 13.9. The van der Waals surface area contributed by atoms with E-state index in [0.29, 0.717) is 6.54 Å². The Morgan fingerprint density at radius 1 is 1.25 bits per heavy atom. The fourth-order valence-corrected chi connectivity index (χ4v) is 3.16. The molecular formula is C15H22N3O6-. The molecule has 0 unspecified atom stereocenters. The molecule has 0 aliphatic carbocycles. The second-order valence-electron chi connectivity index (χ2n) is 6.93. The van der Waals surface area contributed by atoms with Gasteiger partial charge in [-0.25, -0.2) is 4.79 Å². The smallest absolute Gasteiger partial charge is 0.327 e. The third kappa shape index (κ3) is 3.66. The van der Waals surface area contributed by atoms with E-state index in [1.165, 1.54) is 9.80 Å². The Morgan fingerprint density at radius 3 is 2.50 bits per heavy atom. The molecule has 1 N–H and O–H groups in total. The maximum Gasteiger partial charge on any atom is 0.327 e. The molecule has 1 atom stereocenters. The number of β-amino-alcohol motifs (C(OH)–C–C–N with tert-alkyl or cyclic N) is 1. The summed E-state index contributed by atoms with van der Waals surface area (Å²) in [6.45, 7) is 3.60. The largest absolute Gasteiger partial charge is 0.550 e. The lowest BCUT2D eigenvalue weighted by molar-refractivity contribution is -0.307. The molecule has 2 rings (SSSR count). The van der Waals surface area contributed by atoms with Crippen LogP contribution in [0.25, 0.3) is 0 Å². The predicted molar refractivity (Wildman–Crippen MR) is 79.3 cm³/mol. The van der Waals surface area contributed by atoms with E-state index in [-0.39, 0.29) is 45.0 Å². The number of fused-ring (bicyclic) bond motifs is 1. The fraction of sp³-hybridized carbons (Fsp3) is 0.733. The number of aliphatic carboxylic acids is 1. The third-order valence-electron chi connectivity index (χ3n) is 4.34. The van der Waals surface area contributed by atoms with Crippen molar-refractivity contribution in [3.8, 4) is 0 Å². The SMILES string of the molecule is CC(C)(CC(=O)[O-])CC(=O)N1CCN2C(=O)N(CCO)C(=O)[C@H]2C1. The molecule has 0 spiro atoms. The number of carboxylic acids is 1. The average molecular weight is 340 g/mol. The van der Waals surface area contributed by atoms with Gasteiger partial charge in [0.2, 0.25) is 5.91 Å². The number of urea groups is 1. The predicted octanol–water partition coefficient (Wildman–Crippen LogP) is -1.99. The molecule has 2 heterocycles. The van der Waals surface area contributed by atoms with Crippen molar-refractivity contribution < 1.29 is 29.4 Å². The summed E-state index contributed by atoms with van der Waals surface area (Å²) in [7, 11) is 0. The highest BCUT2D eigenvalue weighted by Crippen LogP contribution is 2.27. The van der Waals surface area contributed by atoms with E-state index < -0.39 is 29.4 Å². The average Bonchev–Trinajstić information content (AvgIpc) is 2.70. The van der Waals surface area contributed by atoms with Crippen LogP contribution in [-0.2, 0) is 14.4 Å². The summed E-state index contributed by atoms with van der Waals surface area (Å²) in [6.07, 6.45) is -0.208. The van der Waals surface area contributed by atoms with Gasteiger partial charge < -0.3 is 24.8 Å². The van der Waals surface area contributed by atoms with Crippen LogP contribution < -0.4 is 5.11 Å². The second-order valence-corrected chi connectivity index (χ2v) is 6.93. The first-order valence-corrected chi connectivity index (χ1v) is 7.87. The summed E-state index contributed by atoms with van der Waals surface area (Å²) >= 11 is 0. The number of amides is 4. The van der Waals surface area contributed by atoms with E-state index in [1.807, 2.05) is 0 Å². The highest BCUT2D eigenvalue weighted by atomic mass is 16.4. The molecule has 0 aromatic carbocycles. The minimum atomic E-state index is -1.21. The van der Waals surface area contributed by atoms with Crippen LogP contribution in [0.4, 0.5) is 4.79 Å². The van der Waals surface area contributed by atoms with E-state index in [1.54, 1.807) is 13.8 Å². The number of imide groups is 1. The Morgan fingerprint density at radius 2 is 1.92 bits per heavy atom. The number of hydrogen-bond donors (Lipinski definition) is 1. The van der Waals surface area contributed by atoms with Crippen molar-refractivity contribution in [2.75, 3.05) is 32.8 Å². The van der Waals surface area contributed by atoms with E-state index in [2.05, 4.69) is 0 Å². The first kappa shape index (κ1) is 18.2. The van der Waals surface area contributed by atoms with Gasteiger partial charge in [0.15, 0.2) is 0 Å². The van der Waals surface area contributed by atoms with Crippen LogP contribution in [0, 0.1) is 5.41 Å². The standard InChI is InChI=1S/C15H23N3O6/c1-15(2,8-12(21)22)7-11(20)16-3-4-17-10(9-16)13(23)18(5-6-19)14(17)24/h10,19H,3-9H2,1-2H3,(H,21,22)/p-1/t10-/m1/s1. The van der Waals surface area contributed by atoms with Crippen molar-refractivity contribution in [1.29, 1.82) is 0 Å². The Hall–Kier alpha value is -2.16.